The van der Waals surface area contributed by atoms with Crippen LogP contribution in [-0.4, -0.2) is 20.9 Å². The highest BCUT2D eigenvalue weighted by molar-refractivity contribution is 5.70. The Bertz CT molecular complexity index is 577. The third-order valence-electron chi connectivity index (χ3n) is 3.53. The summed E-state index contributed by atoms with van der Waals surface area (Å²) in [5.41, 5.74) is 2.33. The summed E-state index contributed by atoms with van der Waals surface area (Å²) in [7, 11) is 0. The molecule has 5 heteroatoms. The van der Waals surface area contributed by atoms with E-state index in [0.29, 0.717) is 17.9 Å². The van der Waals surface area contributed by atoms with Gasteiger partial charge in [0.2, 0.25) is 5.92 Å². The molecular formula is C13H15F2N3. The molecule has 0 aliphatic heterocycles. The fourth-order valence-electron chi connectivity index (χ4n) is 2.60. The van der Waals surface area contributed by atoms with E-state index < -0.39 is 5.92 Å². The molecule has 0 radical (unpaired) electrons. The molecule has 0 saturated heterocycles. The third kappa shape index (κ3) is 2.09. The zero-order valence-corrected chi connectivity index (χ0v) is 10.2. The first-order valence-corrected chi connectivity index (χ1v) is 6.25. The van der Waals surface area contributed by atoms with E-state index >= 15 is 0 Å². The van der Waals surface area contributed by atoms with Crippen LogP contribution in [0.3, 0.4) is 0 Å². The highest BCUT2D eigenvalue weighted by Gasteiger charge is 2.37. The normalized spacial score (nSPS) is 23.4. The average molecular weight is 251 g/mol. The highest BCUT2D eigenvalue weighted by atomic mass is 19.3. The number of nitrogens with one attached hydrogen (secondary N) is 1. The lowest BCUT2D eigenvalue weighted by molar-refractivity contribution is -0.0416. The van der Waals surface area contributed by atoms with Gasteiger partial charge in [-0.2, -0.15) is 0 Å². The Morgan fingerprint density at radius 1 is 1.33 bits per heavy atom. The second kappa shape index (κ2) is 4.00. The molecule has 1 unspecified atom stereocenters. The number of pyridine rings is 1. The van der Waals surface area contributed by atoms with Crippen molar-refractivity contribution in [3.05, 3.63) is 23.7 Å². The summed E-state index contributed by atoms with van der Waals surface area (Å²) in [5.74, 6) is -2.07. The SMILES string of the molecule is Cc1ccc2[nH]c(C3CCCC(F)(F)C3)nc2n1. The van der Waals surface area contributed by atoms with Gasteiger partial charge in [-0.05, 0) is 31.9 Å². The molecule has 96 valence electrons. The molecule has 0 spiro atoms. The number of aryl methyl sites for hydroxylation is 1. The first-order chi connectivity index (χ1) is 8.53. The average Bonchev–Trinajstić information content (AvgIpc) is 2.70. The van der Waals surface area contributed by atoms with Gasteiger partial charge >= 0.3 is 0 Å². The van der Waals surface area contributed by atoms with Crippen molar-refractivity contribution in [3.63, 3.8) is 0 Å². The maximum Gasteiger partial charge on any atom is 0.248 e. The van der Waals surface area contributed by atoms with Crippen molar-refractivity contribution in [3.8, 4) is 0 Å². The van der Waals surface area contributed by atoms with Crippen molar-refractivity contribution in [2.24, 2.45) is 0 Å². The molecule has 18 heavy (non-hydrogen) atoms. The van der Waals surface area contributed by atoms with E-state index in [9.17, 15) is 8.78 Å². The summed E-state index contributed by atoms with van der Waals surface area (Å²) in [4.78, 5) is 11.8. The van der Waals surface area contributed by atoms with Crippen molar-refractivity contribution in [1.82, 2.24) is 15.0 Å². The number of nitrogens with zero attached hydrogens (tertiary/aromatic N) is 2. The Kier molecular flexibility index (Phi) is 2.57. The molecule has 1 atom stereocenters. The topological polar surface area (TPSA) is 41.6 Å². The summed E-state index contributed by atoms with van der Waals surface area (Å²) in [6.45, 7) is 1.89. The van der Waals surface area contributed by atoms with Gasteiger partial charge < -0.3 is 4.98 Å². The summed E-state index contributed by atoms with van der Waals surface area (Å²) in [6, 6.07) is 3.79. The van der Waals surface area contributed by atoms with Crippen LogP contribution in [0.15, 0.2) is 12.1 Å². The second-order valence-electron chi connectivity index (χ2n) is 5.10. The van der Waals surface area contributed by atoms with Gasteiger partial charge in [0, 0.05) is 24.5 Å². The summed E-state index contributed by atoms with van der Waals surface area (Å²) in [5, 5.41) is 0. The van der Waals surface area contributed by atoms with Crippen molar-refractivity contribution < 1.29 is 8.78 Å². The zero-order valence-electron chi connectivity index (χ0n) is 10.2. The van der Waals surface area contributed by atoms with E-state index in [0.717, 1.165) is 17.6 Å². The minimum Gasteiger partial charge on any atom is -0.340 e. The van der Waals surface area contributed by atoms with Crippen molar-refractivity contribution >= 4 is 11.2 Å². The minimum atomic E-state index is -2.55. The van der Waals surface area contributed by atoms with Crippen LogP contribution in [0.2, 0.25) is 0 Å². The fourth-order valence-corrected chi connectivity index (χ4v) is 2.60. The van der Waals surface area contributed by atoms with Gasteiger partial charge in [0.05, 0.1) is 5.52 Å². The van der Waals surface area contributed by atoms with Crippen molar-refractivity contribution in [2.45, 2.75) is 44.4 Å². The van der Waals surface area contributed by atoms with E-state index in [4.69, 9.17) is 0 Å². The third-order valence-corrected chi connectivity index (χ3v) is 3.53. The van der Waals surface area contributed by atoms with Crippen LogP contribution in [0, 0.1) is 6.92 Å². The van der Waals surface area contributed by atoms with E-state index in [-0.39, 0.29) is 18.8 Å². The van der Waals surface area contributed by atoms with Crippen molar-refractivity contribution in [2.75, 3.05) is 0 Å². The van der Waals surface area contributed by atoms with Gasteiger partial charge in [-0.3, -0.25) is 0 Å². The molecular weight excluding hydrogens is 236 g/mol. The van der Waals surface area contributed by atoms with Gasteiger partial charge in [-0.25, -0.2) is 18.7 Å². The van der Waals surface area contributed by atoms with E-state index in [1.807, 2.05) is 19.1 Å². The molecule has 1 fully saturated rings. The van der Waals surface area contributed by atoms with Crippen LogP contribution < -0.4 is 0 Å². The van der Waals surface area contributed by atoms with Gasteiger partial charge in [0.15, 0.2) is 5.65 Å². The quantitative estimate of drug-likeness (QED) is 0.842. The first kappa shape index (κ1) is 11.6. The van der Waals surface area contributed by atoms with Gasteiger partial charge in [-0.15, -0.1) is 0 Å². The lowest BCUT2D eigenvalue weighted by Crippen LogP contribution is -2.25. The number of aromatic amines is 1. The highest BCUT2D eigenvalue weighted by Crippen LogP contribution is 2.41. The second-order valence-corrected chi connectivity index (χ2v) is 5.10. The zero-order chi connectivity index (χ0) is 12.8. The Labute approximate surface area is 104 Å². The summed E-state index contributed by atoms with van der Waals surface area (Å²) < 4.78 is 26.8. The van der Waals surface area contributed by atoms with Crippen LogP contribution in [0.25, 0.3) is 11.2 Å². The summed E-state index contributed by atoms with van der Waals surface area (Å²) >= 11 is 0. The van der Waals surface area contributed by atoms with Crippen LogP contribution in [-0.2, 0) is 0 Å². The molecule has 0 amide bonds. The van der Waals surface area contributed by atoms with Crippen LogP contribution in [0.1, 0.15) is 43.1 Å². The number of rotatable bonds is 1. The molecule has 0 aromatic carbocycles. The molecule has 2 heterocycles. The molecule has 1 aliphatic rings. The molecule has 3 rings (SSSR count). The number of aromatic nitrogens is 3. The monoisotopic (exact) mass is 251 g/mol. The molecule has 2 aromatic rings. The smallest absolute Gasteiger partial charge is 0.248 e. The number of hydrogen-bond acceptors (Lipinski definition) is 2. The van der Waals surface area contributed by atoms with Crippen LogP contribution in [0.4, 0.5) is 8.78 Å². The van der Waals surface area contributed by atoms with E-state index in [1.165, 1.54) is 0 Å². The Balaban J connectivity index is 1.94. The fraction of sp³-hybridized carbons (Fsp3) is 0.538. The lowest BCUT2D eigenvalue weighted by atomic mass is 9.86. The molecule has 0 bridgehead atoms. The molecule has 2 aromatic heterocycles. The summed E-state index contributed by atoms with van der Waals surface area (Å²) in [6.07, 6.45) is 1.22. The number of alkyl halides is 2. The molecule has 1 N–H and O–H groups in total. The Morgan fingerprint density at radius 3 is 2.94 bits per heavy atom. The Hall–Kier alpha value is -1.52. The van der Waals surface area contributed by atoms with E-state index in [1.54, 1.807) is 0 Å². The maximum atomic E-state index is 13.4. The molecule has 3 nitrogen and oxygen atoms in total. The predicted molar refractivity (Wildman–Crippen MR) is 64.8 cm³/mol. The van der Waals surface area contributed by atoms with Gasteiger partial charge in [0.25, 0.3) is 0 Å². The van der Waals surface area contributed by atoms with Gasteiger partial charge in [-0.1, -0.05) is 0 Å². The standard InChI is InChI=1S/C13H15F2N3/c1-8-4-5-10-12(16-8)18-11(17-10)9-3-2-6-13(14,15)7-9/h4-5,9H,2-3,6-7H2,1H3,(H,16,17,18). The number of halogens is 2. The number of fused-ring (bicyclic) bond motifs is 1. The predicted octanol–water partition coefficient (Wildman–Crippen LogP) is 3.56. The maximum absolute atomic E-state index is 13.4. The number of imidazole rings is 1. The number of hydrogen-bond donors (Lipinski definition) is 1. The van der Waals surface area contributed by atoms with Gasteiger partial charge in [0.1, 0.15) is 5.82 Å². The van der Waals surface area contributed by atoms with Crippen LogP contribution >= 0.6 is 0 Å². The van der Waals surface area contributed by atoms with Crippen LogP contribution in [0.5, 0.6) is 0 Å². The lowest BCUT2D eigenvalue weighted by Gasteiger charge is -2.27. The molecule has 1 aliphatic carbocycles. The minimum absolute atomic E-state index is 0.00108. The van der Waals surface area contributed by atoms with E-state index in [2.05, 4.69) is 15.0 Å². The van der Waals surface area contributed by atoms with Crippen molar-refractivity contribution in [1.29, 1.82) is 0 Å². The molecule has 1 saturated carbocycles. The first-order valence-electron chi connectivity index (χ1n) is 6.25. The largest absolute Gasteiger partial charge is 0.340 e. The number of H-pyrrole nitrogens is 1. The Morgan fingerprint density at radius 2 is 2.17 bits per heavy atom.